The summed E-state index contributed by atoms with van der Waals surface area (Å²) in [6.07, 6.45) is 3.05. The number of aryl methyl sites for hydroxylation is 2. The molecule has 1 aromatic carbocycles. The van der Waals surface area contributed by atoms with Crippen molar-refractivity contribution in [3.05, 3.63) is 52.8 Å². The number of nitrogens with zero attached hydrogens (tertiary/aromatic N) is 2. The Labute approximate surface area is 122 Å². The Morgan fingerprint density at radius 1 is 1.15 bits per heavy atom. The summed E-state index contributed by atoms with van der Waals surface area (Å²) in [6, 6.07) is 9.50. The number of aromatic nitrogens is 2. The minimum atomic E-state index is 0.296. The first kappa shape index (κ1) is 14.8. The van der Waals surface area contributed by atoms with Gasteiger partial charge >= 0.3 is 0 Å². The van der Waals surface area contributed by atoms with Crippen LogP contribution in [0.15, 0.2) is 30.5 Å². The Morgan fingerprint density at radius 3 is 2.30 bits per heavy atom. The molecule has 20 heavy (non-hydrogen) atoms. The van der Waals surface area contributed by atoms with Crippen LogP contribution in [0.4, 0.5) is 0 Å². The fraction of sp³-hybridized carbons (Fsp3) is 0.471. The van der Waals surface area contributed by atoms with E-state index >= 15 is 0 Å². The average molecular weight is 271 g/mol. The minimum absolute atomic E-state index is 0.296. The average Bonchev–Trinajstić information content (AvgIpc) is 2.79. The van der Waals surface area contributed by atoms with Crippen molar-refractivity contribution in [1.29, 1.82) is 0 Å². The predicted octanol–water partition coefficient (Wildman–Crippen LogP) is 3.70. The largest absolute Gasteiger partial charge is 0.304 e. The molecule has 1 N–H and O–H groups in total. The highest BCUT2D eigenvalue weighted by molar-refractivity contribution is 5.26. The third kappa shape index (κ3) is 3.10. The molecule has 2 unspecified atom stereocenters. The molecular weight excluding hydrogens is 246 g/mol. The monoisotopic (exact) mass is 271 g/mol. The molecule has 2 rings (SSSR count). The second-order valence-corrected chi connectivity index (χ2v) is 5.51. The number of hydrogen-bond donors (Lipinski definition) is 1. The van der Waals surface area contributed by atoms with Gasteiger partial charge in [-0.2, -0.15) is 5.10 Å². The molecule has 0 saturated carbocycles. The maximum Gasteiger partial charge on any atom is 0.0540 e. The van der Waals surface area contributed by atoms with Crippen LogP contribution in [0.1, 0.15) is 55.2 Å². The highest BCUT2D eigenvalue weighted by Gasteiger charge is 2.15. The van der Waals surface area contributed by atoms with Crippen LogP contribution >= 0.6 is 0 Å². The fourth-order valence-electron chi connectivity index (χ4n) is 2.54. The van der Waals surface area contributed by atoms with Gasteiger partial charge < -0.3 is 5.32 Å². The molecule has 0 radical (unpaired) electrons. The molecule has 0 bridgehead atoms. The summed E-state index contributed by atoms with van der Waals surface area (Å²) >= 11 is 0. The summed E-state index contributed by atoms with van der Waals surface area (Å²) in [5, 5.41) is 7.97. The number of rotatable bonds is 5. The van der Waals surface area contributed by atoms with E-state index in [2.05, 4.69) is 62.4 Å². The Morgan fingerprint density at radius 2 is 1.80 bits per heavy atom. The number of hydrogen-bond acceptors (Lipinski definition) is 2. The van der Waals surface area contributed by atoms with E-state index in [1.54, 1.807) is 0 Å². The summed E-state index contributed by atoms with van der Waals surface area (Å²) in [5.74, 6) is 0. The lowest BCUT2D eigenvalue weighted by molar-refractivity contribution is 0.492. The fourth-order valence-corrected chi connectivity index (χ4v) is 2.54. The molecule has 0 fully saturated rings. The zero-order valence-corrected chi connectivity index (χ0v) is 13.1. The highest BCUT2D eigenvalue weighted by atomic mass is 15.3. The van der Waals surface area contributed by atoms with Crippen LogP contribution in [0.3, 0.4) is 0 Å². The van der Waals surface area contributed by atoms with Crippen LogP contribution in [0.2, 0.25) is 0 Å². The van der Waals surface area contributed by atoms with Crippen molar-refractivity contribution in [1.82, 2.24) is 15.1 Å². The van der Waals surface area contributed by atoms with E-state index < -0.39 is 0 Å². The first-order valence-electron chi connectivity index (χ1n) is 7.36. The lowest BCUT2D eigenvalue weighted by Gasteiger charge is -2.20. The van der Waals surface area contributed by atoms with Gasteiger partial charge in [-0.15, -0.1) is 0 Å². The molecule has 3 heteroatoms. The van der Waals surface area contributed by atoms with Gasteiger partial charge in [-0.3, -0.25) is 4.68 Å². The van der Waals surface area contributed by atoms with Crippen LogP contribution in [0.5, 0.6) is 0 Å². The van der Waals surface area contributed by atoms with Gasteiger partial charge in [-0.05, 0) is 38.3 Å². The molecule has 0 amide bonds. The lowest BCUT2D eigenvalue weighted by atomic mass is 10.0. The van der Waals surface area contributed by atoms with Gasteiger partial charge in [0, 0.05) is 30.4 Å². The molecule has 108 valence electrons. The summed E-state index contributed by atoms with van der Waals surface area (Å²) in [7, 11) is 1.98. The molecular formula is C17H25N3. The third-order valence-electron chi connectivity index (χ3n) is 4.13. The molecule has 0 aliphatic heterocycles. The molecule has 2 atom stereocenters. The van der Waals surface area contributed by atoms with Crippen LogP contribution < -0.4 is 5.32 Å². The Balaban J connectivity index is 2.06. The van der Waals surface area contributed by atoms with Crippen LogP contribution in [0, 0.1) is 6.92 Å². The molecule has 0 saturated heterocycles. The summed E-state index contributed by atoms with van der Waals surface area (Å²) < 4.78 is 1.92. The maximum absolute atomic E-state index is 4.32. The van der Waals surface area contributed by atoms with Crippen molar-refractivity contribution >= 4 is 0 Å². The molecule has 0 aliphatic rings. The molecule has 2 aromatic rings. The van der Waals surface area contributed by atoms with Crippen molar-refractivity contribution in [3.63, 3.8) is 0 Å². The quantitative estimate of drug-likeness (QED) is 0.898. The van der Waals surface area contributed by atoms with E-state index in [4.69, 9.17) is 0 Å². The van der Waals surface area contributed by atoms with Gasteiger partial charge in [-0.1, -0.05) is 31.2 Å². The number of benzene rings is 1. The highest BCUT2D eigenvalue weighted by Crippen LogP contribution is 2.21. The Bertz CT molecular complexity index is 554. The maximum atomic E-state index is 4.32. The third-order valence-corrected chi connectivity index (χ3v) is 4.13. The van der Waals surface area contributed by atoms with Crippen molar-refractivity contribution < 1.29 is 0 Å². The van der Waals surface area contributed by atoms with E-state index in [0.29, 0.717) is 12.1 Å². The van der Waals surface area contributed by atoms with Gasteiger partial charge in [0.15, 0.2) is 0 Å². The number of nitrogens with one attached hydrogen (secondary N) is 1. The Kier molecular flexibility index (Phi) is 4.61. The topological polar surface area (TPSA) is 29.9 Å². The first-order valence-corrected chi connectivity index (χ1v) is 7.36. The normalized spacial score (nSPS) is 14.2. The second-order valence-electron chi connectivity index (χ2n) is 5.51. The SMILES string of the molecule is CCc1ccc(C(C)NC(C)c2cnn(C)c2C)cc1. The molecule has 1 heterocycles. The smallest absolute Gasteiger partial charge is 0.0540 e. The van der Waals surface area contributed by atoms with E-state index in [9.17, 15) is 0 Å². The van der Waals surface area contributed by atoms with Crippen LogP contribution in [-0.4, -0.2) is 9.78 Å². The van der Waals surface area contributed by atoms with E-state index in [-0.39, 0.29) is 0 Å². The van der Waals surface area contributed by atoms with Crippen molar-refractivity contribution in [3.8, 4) is 0 Å². The van der Waals surface area contributed by atoms with Crippen molar-refractivity contribution in [2.24, 2.45) is 7.05 Å². The lowest BCUT2D eigenvalue weighted by Crippen LogP contribution is -2.22. The molecule has 0 spiro atoms. The van der Waals surface area contributed by atoms with Gasteiger partial charge in [0.2, 0.25) is 0 Å². The molecule has 3 nitrogen and oxygen atoms in total. The van der Waals surface area contributed by atoms with Crippen molar-refractivity contribution in [2.75, 3.05) is 0 Å². The van der Waals surface area contributed by atoms with Gasteiger partial charge in [-0.25, -0.2) is 0 Å². The van der Waals surface area contributed by atoms with Crippen LogP contribution in [-0.2, 0) is 13.5 Å². The van der Waals surface area contributed by atoms with Gasteiger partial charge in [0.05, 0.1) is 6.20 Å². The Hall–Kier alpha value is -1.61. The molecule has 1 aromatic heterocycles. The van der Waals surface area contributed by atoms with Crippen LogP contribution in [0.25, 0.3) is 0 Å². The standard InChI is InChI=1S/C17H25N3/c1-6-15-7-9-16(10-8-15)12(2)19-13(3)17-11-18-20(5)14(17)4/h7-13,19H,6H2,1-5H3. The van der Waals surface area contributed by atoms with E-state index in [0.717, 1.165) is 6.42 Å². The zero-order valence-electron chi connectivity index (χ0n) is 13.1. The first-order chi connectivity index (χ1) is 9.52. The van der Waals surface area contributed by atoms with E-state index in [1.165, 1.54) is 22.4 Å². The van der Waals surface area contributed by atoms with Gasteiger partial charge in [0.25, 0.3) is 0 Å². The summed E-state index contributed by atoms with van der Waals surface area (Å²) in [6.45, 7) is 8.70. The molecule has 0 aliphatic carbocycles. The van der Waals surface area contributed by atoms with Crippen molar-refractivity contribution in [2.45, 2.75) is 46.2 Å². The van der Waals surface area contributed by atoms with E-state index in [1.807, 2.05) is 17.9 Å². The minimum Gasteiger partial charge on any atom is -0.304 e. The zero-order chi connectivity index (χ0) is 14.7. The second kappa shape index (κ2) is 6.23. The predicted molar refractivity (Wildman–Crippen MR) is 83.7 cm³/mol. The summed E-state index contributed by atoms with van der Waals surface area (Å²) in [4.78, 5) is 0. The summed E-state index contributed by atoms with van der Waals surface area (Å²) in [5.41, 5.74) is 5.20. The van der Waals surface area contributed by atoms with Gasteiger partial charge in [0.1, 0.15) is 0 Å².